The van der Waals surface area contributed by atoms with Crippen LogP contribution >= 0.6 is 0 Å². The zero-order valence-electron chi connectivity index (χ0n) is 9.09. The molecule has 1 aromatic rings. The molecule has 1 aliphatic rings. The molecule has 0 spiro atoms. The number of hydrogen-bond donors (Lipinski definition) is 0. The van der Waals surface area contributed by atoms with E-state index in [0.717, 1.165) is 5.92 Å². The summed E-state index contributed by atoms with van der Waals surface area (Å²) in [4.78, 5) is 0. The van der Waals surface area contributed by atoms with Gasteiger partial charge in [0, 0.05) is 0 Å². The van der Waals surface area contributed by atoms with E-state index in [1.54, 1.807) is 10.8 Å². The molecule has 0 amide bonds. The summed E-state index contributed by atoms with van der Waals surface area (Å²) in [6.07, 6.45) is 3.03. The van der Waals surface area contributed by atoms with Gasteiger partial charge in [-0.15, -0.1) is 0 Å². The number of benzene rings is 1. The van der Waals surface area contributed by atoms with Crippen LogP contribution in [0.1, 0.15) is 29.5 Å². The molecule has 0 atom stereocenters. The molecular weight excluding hydrogens is 231 g/mol. The van der Waals surface area contributed by atoms with Crippen LogP contribution < -0.4 is 0 Å². The summed E-state index contributed by atoms with van der Waals surface area (Å²) in [5.41, 5.74) is 4.51. The summed E-state index contributed by atoms with van der Waals surface area (Å²) in [6.45, 7) is 4.44. The molecule has 75 valence electrons. The van der Waals surface area contributed by atoms with E-state index in [9.17, 15) is 0 Å². The molecule has 0 nitrogen and oxygen atoms in total. The van der Waals surface area contributed by atoms with Crippen LogP contribution in [0.4, 0.5) is 0 Å². The maximum absolute atomic E-state index is 2.37. The molecule has 1 aromatic carbocycles. The van der Waals surface area contributed by atoms with Gasteiger partial charge in [-0.2, -0.15) is 0 Å². The second-order valence-electron chi connectivity index (χ2n) is 4.44. The van der Waals surface area contributed by atoms with E-state index in [0.29, 0.717) is 15.8 Å². The predicted molar refractivity (Wildman–Crippen MR) is 62.9 cm³/mol. The second-order valence-corrected chi connectivity index (χ2v) is 6.81. The molecule has 1 fully saturated rings. The van der Waals surface area contributed by atoms with E-state index in [-0.39, 0.29) is 0 Å². The third-order valence-corrected chi connectivity index (χ3v) is 5.68. The van der Waals surface area contributed by atoms with Crippen LogP contribution in [0.15, 0.2) is 18.2 Å². The second kappa shape index (κ2) is 4.53. The zero-order chi connectivity index (χ0) is 9.97. The summed E-state index contributed by atoms with van der Waals surface area (Å²) in [7, 11) is 0. The van der Waals surface area contributed by atoms with Gasteiger partial charge in [-0.05, 0) is 0 Å². The van der Waals surface area contributed by atoms with Crippen LogP contribution in [0.5, 0.6) is 0 Å². The molecule has 1 radical (unpaired) electrons. The van der Waals surface area contributed by atoms with Crippen LogP contribution in [0.2, 0.25) is 5.21 Å². The molecule has 0 heterocycles. The summed E-state index contributed by atoms with van der Waals surface area (Å²) in [5.74, 6) is 1.13. The Hall–Kier alpha value is -0.222. The van der Waals surface area contributed by atoms with Crippen LogP contribution in [-0.2, 0) is 5.21 Å². The standard InChI is InChI=1S/C13H18As/c1-10-3-4-11(2)13(7-10)9-14-8-12-5-6-12/h3-4,7,12H,5-6,8-9H2,1-2H3. The van der Waals surface area contributed by atoms with Crippen molar-refractivity contribution in [1.29, 1.82) is 0 Å². The van der Waals surface area contributed by atoms with Crippen LogP contribution in [-0.4, -0.2) is 15.8 Å². The first-order valence-electron chi connectivity index (χ1n) is 5.45. The molecule has 14 heavy (non-hydrogen) atoms. The van der Waals surface area contributed by atoms with E-state index in [4.69, 9.17) is 0 Å². The third kappa shape index (κ3) is 2.89. The first-order chi connectivity index (χ1) is 6.75. The SMILES string of the molecule is Cc1ccc(C)c(C[As]CC2CC2)c1. The van der Waals surface area contributed by atoms with Crippen molar-refractivity contribution in [2.24, 2.45) is 5.92 Å². The van der Waals surface area contributed by atoms with Gasteiger partial charge in [0.25, 0.3) is 0 Å². The summed E-state index contributed by atoms with van der Waals surface area (Å²) >= 11 is 0.578. The number of aryl methyl sites for hydroxylation is 2. The molecule has 0 bridgehead atoms. The fourth-order valence-corrected chi connectivity index (χ4v) is 4.66. The normalized spacial score (nSPS) is 16.7. The Labute approximate surface area is 93.8 Å². The minimum absolute atomic E-state index is 0.578. The van der Waals surface area contributed by atoms with Crippen molar-refractivity contribution in [3.05, 3.63) is 34.9 Å². The molecule has 1 aliphatic carbocycles. The van der Waals surface area contributed by atoms with Gasteiger partial charge in [0.1, 0.15) is 0 Å². The predicted octanol–water partition coefficient (Wildman–Crippen LogP) is 3.34. The molecule has 1 saturated carbocycles. The molecule has 0 aromatic heterocycles. The average molecular weight is 249 g/mol. The van der Waals surface area contributed by atoms with E-state index in [2.05, 4.69) is 32.0 Å². The quantitative estimate of drug-likeness (QED) is 0.718. The van der Waals surface area contributed by atoms with Gasteiger partial charge in [-0.25, -0.2) is 0 Å². The maximum atomic E-state index is 2.37. The van der Waals surface area contributed by atoms with E-state index < -0.39 is 0 Å². The Morgan fingerprint density at radius 3 is 2.79 bits per heavy atom. The van der Waals surface area contributed by atoms with Crippen molar-refractivity contribution in [3.63, 3.8) is 0 Å². The third-order valence-electron chi connectivity index (χ3n) is 2.87. The molecule has 0 N–H and O–H groups in total. The van der Waals surface area contributed by atoms with E-state index in [1.807, 2.05) is 0 Å². The van der Waals surface area contributed by atoms with Crippen LogP contribution in [0, 0.1) is 19.8 Å². The fourth-order valence-electron chi connectivity index (χ4n) is 1.64. The van der Waals surface area contributed by atoms with Gasteiger partial charge in [-0.1, -0.05) is 0 Å². The summed E-state index contributed by atoms with van der Waals surface area (Å²) in [5, 5.41) is 2.92. The van der Waals surface area contributed by atoms with E-state index >= 15 is 0 Å². The summed E-state index contributed by atoms with van der Waals surface area (Å²) in [6, 6.07) is 6.86. The molecule has 2 rings (SSSR count). The van der Waals surface area contributed by atoms with Gasteiger partial charge in [-0.3, -0.25) is 0 Å². The van der Waals surface area contributed by atoms with Gasteiger partial charge in [0.15, 0.2) is 0 Å². The van der Waals surface area contributed by atoms with Crippen molar-refractivity contribution >= 4 is 15.8 Å². The first kappa shape index (κ1) is 10.3. The van der Waals surface area contributed by atoms with Crippen molar-refractivity contribution in [2.75, 3.05) is 0 Å². The zero-order valence-corrected chi connectivity index (χ0v) is 11.0. The number of rotatable bonds is 4. The monoisotopic (exact) mass is 249 g/mol. The first-order valence-corrected chi connectivity index (χ1v) is 8.10. The Morgan fingerprint density at radius 2 is 2.07 bits per heavy atom. The molecule has 0 saturated heterocycles. The van der Waals surface area contributed by atoms with Gasteiger partial charge in [0.2, 0.25) is 0 Å². The molecular formula is C13H18As. The molecule has 1 heteroatoms. The average Bonchev–Trinajstić information content (AvgIpc) is 2.95. The Morgan fingerprint density at radius 1 is 1.29 bits per heavy atom. The van der Waals surface area contributed by atoms with Crippen molar-refractivity contribution in [1.82, 2.24) is 0 Å². The Bertz CT molecular complexity index is 313. The van der Waals surface area contributed by atoms with Crippen molar-refractivity contribution in [2.45, 2.75) is 37.1 Å². The summed E-state index contributed by atoms with van der Waals surface area (Å²) < 4.78 is 0. The Balaban J connectivity index is 1.89. The van der Waals surface area contributed by atoms with Gasteiger partial charge >= 0.3 is 93.7 Å². The van der Waals surface area contributed by atoms with Crippen LogP contribution in [0.3, 0.4) is 0 Å². The van der Waals surface area contributed by atoms with Gasteiger partial charge < -0.3 is 0 Å². The number of hydrogen-bond acceptors (Lipinski definition) is 0. The van der Waals surface area contributed by atoms with E-state index in [1.165, 1.54) is 29.2 Å². The van der Waals surface area contributed by atoms with Crippen molar-refractivity contribution in [3.8, 4) is 0 Å². The minimum atomic E-state index is 0.578. The fraction of sp³-hybridized carbons (Fsp3) is 0.538. The van der Waals surface area contributed by atoms with Gasteiger partial charge in [0.05, 0.1) is 0 Å². The van der Waals surface area contributed by atoms with Crippen molar-refractivity contribution < 1.29 is 0 Å². The molecule has 0 unspecified atom stereocenters. The Kier molecular flexibility index (Phi) is 3.33. The molecule has 0 aliphatic heterocycles. The topological polar surface area (TPSA) is 0 Å². The van der Waals surface area contributed by atoms with Crippen LogP contribution in [0.25, 0.3) is 0 Å².